The van der Waals surface area contributed by atoms with Gasteiger partial charge in [0.15, 0.2) is 0 Å². The van der Waals surface area contributed by atoms with Gasteiger partial charge in [-0.05, 0) is 25.6 Å². The number of nitrogens with one attached hydrogen (secondary N) is 1. The molecule has 1 aromatic rings. The van der Waals surface area contributed by atoms with Crippen LogP contribution in [-0.2, 0) is 0 Å². The molecule has 0 atom stereocenters. The molecule has 19 heavy (non-hydrogen) atoms. The quantitative estimate of drug-likeness (QED) is 0.660. The molecule has 0 amide bonds. The van der Waals surface area contributed by atoms with E-state index in [4.69, 9.17) is 10.8 Å². The van der Waals surface area contributed by atoms with Crippen LogP contribution in [0.15, 0.2) is 12.3 Å². The van der Waals surface area contributed by atoms with Gasteiger partial charge in [0.1, 0.15) is 5.82 Å². The maximum absolute atomic E-state index is 10.9. The minimum atomic E-state index is -1.04. The van der Waals surface area contributed by atoms with Crippen LogP contribution in [-0.4, -0.2) is 47.1 Å². The van der Waals surface area contributed by atoms with Gasteiger partial charge in [-0.25, -0.2) is 9.78 Å². The van der Waals surface area contributed by atoms with E-state index in [9.17, 15) is 4.79 Å². The van der Waals surface area contributed by atoms with Gasteiger partial charge in [0.25, 0.3) is 0 Å². The second-order valence-electron chi connectivity index (χ2n) is 4.32. The fraction of sp³-hybridized carbons (Fsp3) is 0.538. The molecule has 1 aromatic heterocycles. The lowest BCUT2D eigenvalue weighted by Gasteiger charge is -2.19. The van der Waals surface area contributed by atoms with E-state index >= 15 is 0 Å². The third kappa shape index (κ3) is 4.75. The van der Waals surface area contributed by atoms with Crippen LogP contribution in [0.4, 0.5) is 11.5 Å². The highest BCUT2D eigenvalue weighted by Gasteiger charge is 2.09. The van der Waals surface area contributed by atoms with E-state index in [2.05, 4.69) is 29.0 Å². The normalized spacial score (nSPS) is 10.7. The summed E-state index contributed by atoms with van der Waals surface area (Å²) in [7, 11) is 0. The molecular weight excluding hydrogens is 244 g/mol. The Balaban J connectivity index is 2.54. The van der Waals surface area contributed by atoms with Gasteiger partial charge in [0.2, 0.25) is 0 Å². The first-order valence-electron chi connectivity index (χ1n) is 6.53. The molecule has 1 rings (SSSR count). The highest BCUT2D eigenvalue weighted by molar-refractivity contribution is 5.94. The van der Waals surface area contributed by atoms with Crippen molar-refractivity contribution in [3.63, 3.8) is 0 Å². The number of likely N-dealkylation sites (N-methyl/N-ethyl adjacent to an activating group) is 1. The Morgan fingerprint density at radius 2 is 2.21 bits per heavy atom. The molecule has 0 saturated carbocycles. The van der Waals surface area contributed by atoms with Crippen LogP contribution in [0.5, 0.6) is 0 Å². The molecule has 0 fully saturated rings. The number of rotatable bonds is 8. The third-order valence-electron chi connectivity index (χ3n) is 2.89. The smallest absolute Gasteiger partial charge is 0.337 e. The van der Waals surface area contributed by atoms with Crippen molar-refractivity contribution in [3.05, 3.63) is 17.8 Å². The summed E-state index contributed by atoms with van der Waals surface area (Å²) in [6.45, 7) is 7.97. The summed E-state index contributed by atoms with van der Waals surface area (Å²) in [5.74, 6) is -0.497. The number of anilines is 2. The number of carboxylic acids is 1. The van der Waals surface area contributed by atoms with E-state index in [-0.39, 0.29) is 11.3 Å². The molecule has 0 radical (unpaired) electrons. The first-order chi connectivity index (χ1) is 9.08. The topological polar surface area (TPSA) is 91.5 Å². The van der Waals surface area contributed by atoms with Gasteiger partial charge in [-0.2, -0.15) is 0 Å². The monoisotopic (exact) mass is 266 g/mol. The summed E-state index contributed by atoms with van der Waals surface area (Å²) in [5, 5.41) is 12.1. The molecule has 0 aliphatic rings. The molecule has 0 aromatic carbocycles. The number of aromatic carboxylic acids is 1. The number of hydrogen-bond donors (Lipinski definition) is 3. The zero-order chi connectivity index (χ0) is 14.3. The predicted molar refractivity (Wildman–Crippen MR) is 76.5 cm³/mol. The minimum absolute atomic E-state index is 0.0819. The Kier molecular flexibility index (Phi) is 6.08. The summed E-state index contributed by atoms with van der Waals surface area (Å²) in [4.78, 5) is 17.3. The summed E-state index contributed by atoms with van der Waals surface area (Å²) in [5.41, 5.74) is 5.81. The Morgan fingerprint density at radius 1 is 1.47 bits per heavy atom. The molecule has 0 aliphatic carbocycles. The average Bonchev–Trinajstić information content (AvgIpc) is 2.39. The Hall–Kier alpha value is -1.82. The second-order valence-corrected chi connectivity index (χ2v) is 4.32. The van der Waals surface area contributed by atoms with Gasteiger partial charge in [0, 0.05) is 13.1 Å². The number of pyridine rings is 1. The van der Waals surface area contributed by atoms with Crippen LogP contribution < -0.4 is 11.1 Å². The van der Waals surface area contributed by atoms with Crippen molar-refractivity contribution >= 4 is 17.5 Å². The molecule has 106 valence electrons. The van der Waals surface area contributed by atoms with Gasteiger partial charge in [0.05, 0.1) is 17.4 Å². The van der Waals surface area contributed by atoms with Crippen LogP contribution in [0.1, 0.15) is 30.6 Å². The molecule has 0 aliphatic heterocycles. The van der Waals surface area contributed by atoms with Crippen LogP contribution in [0.3, 0.4) is 0 Å². The molecule has 0 spiro atoms. The third-order valence-corrected chi connectivity index (χ3v) is 2.89. The van der Waals surface area contributed by atoms with E-state index in [1.807, 2.05) is 0 Å². The van der Waals surface area contributed by atoms with Gasteiger partial charge >= 0.3 is 5.97 Å². The number of nitrogen functional groups attached to an aromatic ring is 1. The molecule has 6 nitrogen and oxygen atoms in total. The SMILES string of the molecule is CCCN(CC)CCNc1cc(C(=O)O)c(N)cn1. The molecule has 0 unspecified atom stereocenters. The van der Waals surface area contributed by atoms with E-state index in [0.717, 1.165) is 32.6 Å². The van der Waals surface area contributed by atoms with Gasteiger partial charge in [-0.15, -0.1) is 0 Å². The Morgan fingerprint density at radius 3 is 2.79 bits per heavy atom. The minimum Gasteiger partial charge on any atom is -0.478 e. The number of carbonyl (C=O) groups is 1. The van der Waals surface area contributed by atoms with Gasteiger partial charge in [-0.1, -0.05) is 13.8 Å². The lowest BCUT2D eigenvalue weighted by molar-refractivity contribution is 0.0698. The number of nitrogens with two attached hydrogens (primary N) is 1. The van der Waals surface area contributed by atoms with E-state index in [0.29, 0.717) is 5.82 Å². The summed E-state index contributed by atoms with van der Waals surface area (Å²) in [6, 6.07) is 1.47. The predicted octanol–water partition coefficient (Wildman–Crippen LogP) is 1.51. The second kappa shape index (κ2) is 7.58. The average molecular weight is 266 g/mol. The Labute approximate surface area is 113 Å². The molecule has 4 N–H and O–H groups in total. The van der Waals surface area contributed by atoms with Crippen molar-refractivity contribution in [1.82, 2.24) is 9.88 Å². The van der Waals surface area contributed by atoms with Crippen molar-refractivity contribution in [2.24, 2.45) is 0 Å². The lowest BCUT2D eigenvalue weighted by Crippen LogP contribution is -2.29. The van der Waals surface area contributed by atoms with Crippen molar-refractivity contribution < 1.29 is 9.90 Å². The summed E-state index contributed by atoms with van der Waals surface area (Å²) in [6.07, 6.45) is 2.49. The van der Waals surface area contributed by atoms with Crippen molar-refractivity contribution in [2.75, 3.05) is 37.2 Å². The van der Waals surface area contributed by atoms with Crippen molar-refractivity contribution in [1.29, 1.82) is 0 Å². The number of hydrogen-bond acceptors (Lipinski definition) is 5. The standard InChI is InChI=1S/C13H22N4O2/c1-3-6-17(4-2)7-5-15-12-8-10(13(18)19)11(14)9-16-12/h8-9H,3-7,14H2,1-2H3,(H,15,16)(H,18,19). The van der Waals surface area contributed by atoms with Crippen molar-refractivity contribution in [2.45, 2.75) is 20.3 Å². The van der Waals surface area contributed by atoms with E-state index in [1.54, 1.807) is 0 Å². The zero-order valence-electron chi connectivity index (χ0n) is 11.5. The molecule has 6 heteroatoms. The largest absolute Gasteiger partial charge is 0.478 e. The number of aromatic nitrogens is 1. The van der Waals surface area contributed by atoms with Crippen LogP contribution in [0.25, 0.3) is 0 Å². The van der Waals surface area contributed by atoms with E-state index < -0.39 is 5.97 Å². The van der Waals surface area contributed by atoms with Gasteiger partial charge in [-0.3, -0.25) is 0 Å². The van der Waals surface area contributed by atoms with Crippen LogP contribution >= 0.6 is 0 Å². The molecule has 0 bridgehead atoms. The number of carboxylic acid groups (broad SMARTS) is 1. The van der Waals surface area contributed by atoms with E-state index in [1.165, 1.54) is 12.3 Å². The first-order valence-corrected chi connectivity index (χ1v) is 6.53. The number of nitrogens with zero attached hydrogens (tertiary/aromatic N) is 2. The maximum atomic E-state index is 10.9. The maximum Gasteiger partial charge on any atom is 0.337 e. The lowest BCUT2D eigenvalue weighted by atomic mass is 10.2. The van der Waals surface area contributed by atoms with Crippen molar-refractivity contribution in [3.8, 4) is 0 Å². The summed E-state index contributed by atoms with van der Waals surface area (Å²) < 4.78 is 0. The highest BCUT2D eigenvalue weighted by Crippen LogP contribution is 2.14. The fourth-order valence-corrected chi connectivity index (χ4v) is 1.83. The van der Waals surface area contributed by atoms with Crippen LogP contribution in [0.2, 0.25) is 0 Å². The molecular formula is C13H22N4O2. The molecule has 0 saturated heterocycles. The fourth-order valence-electron chi connectivity index (χ4n) is 1.83. The zero-order valence-corrected chi connectivity index (χ0v) is 11.5. The summed E-state index contributed by atoms with van der Waals surface area (Å²) >= 11 is 0. The first kappa shape index (κ1) is 15.2. The Bertz CT molecular complexity index is 423. The molecule has 1 heterocycles. The van der Waals surface area contributed by atoms with Crippen LogP contribution in [0, 0.1) is 0 Å². The van der Waals surface area contributed by atoms with Gasteiger partial charge < -0.3 is 21.1 Å². The highest BCUT2D eigenvalue weighted by atomic mass is 16.4.